The zero-order chi connectivity index (χ0) is 14.9. The third kappa shape index (κ3) is 3.52. The third-order valence-electron chi connectivity index (χ3n) is 2.40. The van der Waals surface area contributed by atoms with Gasteiger partial charge in [0.25, 0.3) is 10.0 Å². The van der Waals surface area contributed by atoms with Crippen molar-refractivity contribution >= 4 is 59.2 Å². The summed E-state index contributed by atoms with van der Waals surface area (Å²) in [4.78, 5) is 4.04. The van der Waals surface area contributed by atoms with Gasteiger partial charge in [-0.1, -0.05) is 27.5 Å². The van der Waals surface area contributed by atoms with E-state index in [4.69, 9.17) is 11.6 Å². The van der Waals surface area contributed by atoms with Crippen molar-refractivity contribution in [2.45, 2.75) is 11.8 Å². The van der Waals surface area contributed by atoms with Crippen LogP contribution in [0, 0.1) is 6.92 Å². The van der Waals surface area contributed by atoms with E-state index >= 15 is 0 Å². The lowest BCUT2D eigenvalue weighted by atomic mass is 10.3. The van der Waals surface area contributed by atoms with E-state index in [9.17, 15) is 8.42 Å². The van der Waals surface area contributed by atoms with Gasteiger partial charge in [0, 0.05) is 15.1 Å². The maximum absolute atomic E-state index is 12.4. The summed E-state index contributed by atoms with van der Waals surface area (Å²) in [5.41, 5.74) is 1.06. The molecule has 0 unspecified atom stereocenters. The minimum Gasteiger partial charge on any atom is -0.276 e. The monoisotopic (exact) mass is 438 g/mol. The number of rotatable bonds is 3. The Morgan fingerprint density at radius 1 is 1.25 bits per heavy atom. The molecule has 0 amide bonds. The molecule has 20 heavy (non-hydrogen) atoms. The van der Waals surface area contributed by atoms with Crippen LogP contribution in [0.3, 0.4) is 0 Å². The lowest BCUT2D eigenvalue weighted by Gasteiger charge is -2.11. The average molecular weight is 441 g/mol. The van der Waals surface area contributed by atoms with Gasteiger partial charge in [-0.15, -0.1) is 0 Å². The first kappa shape index (κ1) is 15.8. The summed E-state index contributed by atoms with van der Waals surface area (Å²) in [7, 11) is -3.74. The fraction of sp³-hybridized carbons (Fsp3) is 0.0833. The van der Waals surface area contributed by atoms with Crippen molar-refractivity contribution in [1.29, 1.82) is 0 Å². The molecule has 0 aliphatic carbocycles. The van der Waals surface area contributed by atoms with Crippen molar-refractivity contribution in [1.82, 2.24) is 4.98 Å². The smallest absolute Gasteiger partial charge is 0.263 e. The summed E-state index contributed by atoms with van der Waals surface area (Å²) < 4.78 is 28.4. The van der Waals surface area contributed by atoms with Crippen molar-refractivity contribution < 1.29 is 8.42 Å². The van der Waals surface area contributed by atoms with Crippen molar-refractivity contribution in [3.63, 3.8) is 0 Å². The molecule has 1 aromatic carbocycles. The molecule has 0 saturated heterocycles. The average Bonchev–Trinajstić information content (AvgIpc) is 2.33. The maximum atomic E-state index is 12.4. The Labute approximate surface area is 138 Å². The molecule has 0 bridgehead atoms. The lowest BCUT2D eigenvalue weighted by Crippen LogP contribution is -2.14. The highest BCUT2D eigenvalue weighted by Crippen LogP contribution is 2.29. The van der Waals surface area contributed by atoms with Crippen LogP contribution in [0.4, 0.5) is 5.69 Å². The van der Waals surface area contributed by atoms with Gasteiger partial charge in [-0.25, -0.2) is 13.4 Å². The quantitative estimate of drug-likeness (QED) is 0.721. The Morgan fingerprint density at radius 2 is 1.95 bits per heavy atom. The van der Waals surface area contributed by atoms with E-state index < -0.39 is 10.0 Å². The number of aryl methyl sites for hydroxylation is 1. The summed E-state index contributed by atoms with van der Waals surface area (Å²) in [6.07, 6.45) is 1.57. The van der Waals surface area contributed by atoms with Crippen LogP contribution in [0.15, 0.2) is 44.3 Å². The second-order valence-electron chi connectivity index (χ2n) is 4.03. The van der Waals surface area contributed by atoms with Gasteiger partial charge in [-0.3, -0.25) is 4.72 Å². The van der Waals surface area contributed by atoms with Crippen molar-refractivity contribution in [2.75, 3.05) is 4.72 Å². The number of nitrogens with one attached hydrogen (secondary N) is 1. The number of aromatic nitrogens is 1. The summed E-state index contributed by atoms with van der Waals surface area (Å²) in [5.74, 6) is 0. The number of pyridine rings is 1. The molecule has 1 N–H and O–H groups in total. The fourth-order valence-corrected chi connectivity index (χ4v) is 4.53. The first-order valence-electron chi connectivity index (χ1n) is 5.39. The third-order valence-corrected chi connectivity index (χ3v) is 5.54. The number of sulfonamides is 1. The first-order chi connectivity index (χ1) is 9.29. The van der Waals surface area contributed by atoms with E-state index in [1.165, 1.54) is 6.07 Å². The van der Waals surface area contributed by atoms with E-state index in [0.29, 0.717) is 4.47 Å². The van der Waals surface area contributed by atoms with E-state index in [1.54, 1.807) is 31.3 Å². The van der Waals surface area contributed by atoms with Crippen LogP contribution in [0.25, 0.3) is 0 Å². The highest BCUT2D eigenvalue weighted by molar-refractivity contribution is 9.11. The summed E-state index contributed by atoms with van der Waals surface area (Å²) >= 11 is 12.4. The van der Waals surface area contributed by atoms with Crippen molar-refractivity contribution in [3.05, 3.63) is 50.1 Å². The molecule has 0 fully saturated rings. The largest absolute Gasteiger partial charge is 0.276 e. The number of benzene rings is 1. The molecule has 0 aliphatic heterocycles. The van der Waals surface area contributed by atoms with Gasteiger partial charge < -0.3 is 0 Å². The van der Waals surface area contributed by atoms with Crippen LogP contribution in [0.1, 0.15) is 5.56 Å². The van der Waals surface area contributed by atoms with Gasteiger partial charge in [0.2, 0.25) is 0 Å². The predicted octanol–water partition coefficient (Wildman–Crippen LogP) is 4.37. The minimum atomic E-state index is -3.74. The fourth-order valence-electron chi connectivity index (χ4n) is 1.52. The van der Waals surface area contributed by atoms with Gasteiger partial charge in [-0.2, -0.15) is 0 Å². The molecule has 4 nitrogen and oxygen atoms in total. The number of anilines is 1. The van der Waals surface area contributed by atoms with Crippen molar-refractivity contribution in [2.24, 2.45) is 0 Å². The van der Waals surface area contributed by atoms with E-state index in [1.807, 2.05) is 0 Å². The molecule has 8 heteroatoms. The molecular formula is C12H9Br2ClN2O2S. The number of hydrogen-bond donors (Lipinski definition) is 1. The van der Waals surface area contributed by atoms with E-state index in [-0.39, 0.29) is 15.7 Å². The topological polar surface area (TPSA) is 59.1 Å². The molecule has 106 valence electrons. The standard InChI is InChI=1S/C12H9Br2ClN2O2S/c1-7-4-10(12(15)16-6-7)17-20(18,19)11-3-2-8(13)5-9(11)14/h2-6,17H,1H3. The highest BCUT2D eigenvalue weighted by Gasteiger charge is 2.19. The van der Waals surface area contributed by atoms with Gasteiger partial charge in [0.15, 0.2) is 5.15 Å². The Kier molecular flexibility index (Phi) is 4.73. The molecule has 0 aliphatic rings. The molecule has 0 spiro atoms. The van der Waals surface area contributed by atoms with Gasteiger partial charge in [0.05, 0.1) is 5.69 Å². The molecular weight excluding hydrogens is 431 g/mol. The number of hydrogen-bond acceptors (Lipinski definition) is 3. The molecule has 2 aromatic rings. The van der Waals surface area contributed by atoms with Crippen molar-refractivity contribution in [3.8, 4) is 0 Å². The Morgan fingerprint density at radius 3 is 2.60 bits per heavy atom. The second kappa shape index (κ2) is 6.01. The number of nitrogens with zero attached hydrogens (tertiary/aromatic N) is 1. The predicted molar refractivity (Wildman–Crippen MR) is 86.6 cm³/mol. The molecule has 1 heterocycles. The van der Waals surface area contributed by atoms with Gasteiger partial charge in [0.1, 0.15) is 4.90 Å². The second-order valence-corrected chi connectivity index (χ2v) is 7.81. The zero-order valence-electron chi connectivity index (χ0n) is 10.2. The number of halogens is 3. The molecule has 1 aromatic heterocycles. The first-order valence-corrected chi connectivity index (χ1v) is 8.84. The molecule has 0 saturated carbocycles. The van der Waals surface area contributed by atoms with Gasteiger partial charge >= 0.3 is 0 Å². The van der Waals surface area contributed by atoms with Crippen LogP contribution in [0.5, 0.6) is 0 Å². The minimum absolute atomic E-state index is 0.104. The highest BCUT2D eigenvalue weighted by atomic mass is 79.9. The Bertz CT molecular complexity index is 766. The Balaban J connectivity index is 2.43. The summed E-state index contributed by atoms with van der Waals surface area (Å²) in [6.45, 7) is 1.80. The van der Waals surface area contributed by atoms with Crippen LogP contribution in [-0.4, -0.2) is 13.4 Å². The molecule has 0 radical (unpaired) electrons. The van der Waals surface area contributed by atoms with Crippen LogP contribution < -0.4 is 4.72 Å². The Hall–Kier alpha value is -0.630. The van der Waals surface area contributed by atoms with Crippen LogP contribution >= 0.6 is 43.5 Å². The molecule has 0 atom stereocenters. The lowest BCUT2D eigenvalue weighted by molar-refractivity contribution is 0.600. The summed E-state index contributed by atoms with van der Waals surface area (Å²) in [6, 6.07) is 6.42. The van der Waals surface area contributed by atoms with E-state index in [2.05, 4.69) is 41.6 Å². The summed E-state index contributed by atoms with van der Waals surface area (Å²) in [5, 5.41) is 0.104. The zero-order valence-corrected chi connectivity index (χ0v) is 14.9. The van der Waals surface area contributed by atoms with E-state index in [0.717, 1.165) is 10.0 Å². The van der Waals surface area contributed by atoms with Crippen LogP contribution in [0.2, 0.25) is 5.15 Å². The van der Waals surface area contributed by atoms with Gasteiger partial charge in [-0.05, 0) is 52.7 Å². The van der Waals surface area contributed by atoms with Crippen LogP contribution in [-0.2, 0) is 10.0 Å². The molecule has 2 rings (SSSR count). The maximum Gasteiger partial charge on any atom is 0.263 e. The normalized spacial score (nSPS) is 11.4. The SMILES string of the molecule is Cc1cnc(Cl)c(NS(=O)(=O)c2ccc(Br)cc2Br)c1.